The molecule has 9 heteroatoms. The third-order valence-corrected chi connectivity index (χ3v) is 5.44. The van der Waals surface area contributed by atoms with Gasteiger partial charge >= 0.3 is 0 Å². The van der Waals surface area contributed by atoms with Crippen LogP contribution in [-0.4, -0.2) is 75.8 Å². The number of phenolic OH excluding ortho intramolecular Hbond substituents is 1. The largest absolute Gasteiger partial charge is 0.508 e. The molecule has 156 valence electrons. The van der Waals surface area contributed by atoms with Gasteiger partial charge in [0.1, 0.15) is 11.4 Å². The molecule has 1 atom stereocenters. The van der Waals surface area contributed by atoms with Crippen molar-refractivity contribution in [1.29, 1.82) is 0 Å². The maximum atomic E-state index is 12.8. The summed E-state index contributed by atoms with van der Waals surface area (Å²) in [5.41, 5.74) is 1.00. The second-order valence-electron chi connectivity index (χ2n) is 7.31. The molecule has 2 aliphatic heterocycles. The second kappa shape index (κ2) is 9.28. The molecule has 0 aliphatic carbocycles. The normalized spacial score (nSPS) is 19.5. The van der Waals surface area contributed by atoms with Crippen molar-refractivity contribution in [2.45, 2.75) is 18.9 Å². The van der Waals surface area contributed by atoms with Gasteiger partial charge < -0.3 is 20.2 Å². The summed E-state index contributed by atoms with van der Waals surface area (Å²) in [6, 6.07) is 8.32. The highest BCUT2D eigenvalue weighted by atomic mass is 35.5. The van der Waals surface area contributed by atoms with Crippen molar-refractivity contribution in [3.8, 4) is 5.75 Å². The molecule has 8 nitrogen and oxygen atoms in total. The van der Waals surface area contributed by atoms with Gasteiger partial charge in [-0.1, -0.05) is 0 Å². The molecule has 3 heterocycles. The molecule has 0 bridgehead atoms. The van der Waals surface area contributed by atoms with Crippen LogP contribution < -0.4 is 5.32 Å². The standard InChI is InChI=1S/C20H25N5O3.ClH/c26-17-5-3-15(4-6-17)19(27)23-10-12-24(13-11-23)20(28)18-7-9-25(22-18)16-2-1-8-21-14-16;/h3-7,9,16,21,26H,1-2,8,10-14H2;1H. The van der Waals surface area contributed by atoms with Crippen molar-refractivity contribution in [2.24, 2.45) is 0 Å². The van der Waals surface area contributed by atoms with Crippen molar-refractivity contribution in [3.63, 3.8) is 0 Å². The molecule has 4 rings (SSSR count). The first-order valence-electron chi connectivity index (χ1n) is 9.75. The van der Waals surface area contributed by atoms with Crippen LogP contribution in [0.25, 0.3) is 0 Å². The second-order valence-corrected chi connectivity index (χ2v) is 7.31. The number of phenols is 1. The van der Waals surface area contributed by atoms with Crippen molar-refractivity contribution in [3.05, 3.63) is 47.8 Å². The topological polar surface area (TPSA) is 90.7 Å². The number of halogens is 1. The number of carbonyl (C=O) groups is 2. The molecule has 0 radical (unpaired) electrons. The first-order chi connectivity index (χ1) is 13.6. The van der Waals surface area contributed by atoms with E-state index in [0.29, 0.717) is 43.5 Å². The van der Waals surface area contributed by atoms with E-state index in [1.807, 2.05) is 10.9 Å². The molecule has 2 fully saturated rings. The van der Waals surface area contributed by atoms with Crippen LogP contribution in [0.4, 0.5) is 0 Å². The van der Waals surface area contributed by atoms with Gasteiger partial charge in [0.15, 0.2) is 0 Å². The fourth-order valence-corrected chi connectivity index (χ4v) is 3.78. The highest BCUT2D eigenvalue weighted by Gasteiger charge is 2.27. The zero-order valence-electron chi connectivity index (χ0n) is 16.2. The van der Waals surface area contributed by atoms with Crippen LogP contribution in [0, 0.1) is 0 Å². The van der Waals surface area contributed by atoms with Gasteiger partial charge in [-0.05, 0) is 49.7 Å². The van der Waals surface area contributed by atoms with E-state index in [9.17, 15) is 14.7 Å². The minimum Gasteiger partial charge on any atom is -0.508 e. The monoisotopic (exact) mass is 419 g/mol. The molecular formula is C20H26ClN5O3. The van der Waals surface area contributed by atoms with Gasteiger partial charge in [0.05, 0.1) is 6.04 Å². The summed E-state index contributed by atoms with van der Waals surface area (Å²) < 4.78 is 1.89. The summed E-state index contributed by atoms with van der Waals surface area (Å²) in [6.07, 6.45) is 4.07. The fourth-order valence-electron chi connectivity index (χ4n) is 3.78. The van der Waals surface area contributed by atoms with Gasteiger partial charge in [-0.3, -0.25) is 14.3 Å². The van der Waals surface area contributed by atoms with Gasteiger partial charge in [-0.25, -0.2) is 0 Å². The molecule has 1 unspecified atom stereocenters. The Balaban J connectivity index is 0.00000240. The smallest absolute Gasteiger partial charge is 0.274 e. The third kappa shape index (κ3) is 4.71. The van der Waals surface area contributed by atoms with E-state index in [1.54, 1.807) is 28.0 Å². The zero-order valence-corrected chi connectivity index (χ0v) is 17.0. The SMILES string of the molecule is Cl.O=C(c1ccc(O)cc1)N1CCN(C(=O)c2ccn(C3CCCNC3)n2)CC1. The average Bonchev–Trinajstić information content (AvgIpc) is 3.24. The highest BCUT2D eigenvalue weighted by molar-refractivity contribution is 5.95. The lowest BCUT2D eigenvalue weighted by atomic mass is 10.1. The van der Waals surface area contributed by atoms with Crippen molar-refractivity contribution < 1.29 is 14.7 Å². The van der Waals surface area contributed by atoms with Gasteiger partial charge in [-0.15, -0.1) is 12.4 Å². The number of piperidine rings is 1. The molecule has 0 spiro atoms. The average molecular weight is 420 g/mol. The van der Waals surface area contributed by atoms with Crippen LogP contribution >= 0.6 is 12.4 Å². The molecule has 2 amide bonds. The summed E-state index contributed by atoms with van der Waals surface area (Å²) >= 11 is 0. The minimum atomic E-state index is -0.0840. The number of nitrogens with zero attached hydrogens (tertiary/aromatic N) is 4. The lowest BCUT2D eigenvalue weighted by Crippen LogP contribution is -2.50. The van der Waals surface area contributed by atoms with Crippen LogP contribution in [0.3, 0.4) is 0 Å². The summed E-state index contributed by atoms with van der Waals surface area (Å²) in [6.45, 7) is 3.86. The van der Waals surface area contributed by atoms with Crippen molar-refractivity contribution in [1.82, 2.24) is 24.9 Å². The number of rotatable bonds is 3. The number of piperazine rings is 1. The Bertz CT molecular complexity index is 840. The number of benzene rings is 1. The van der Waals surface area contributed by atoms with Crippen LogP contribution in [0.15, 0.2) is 36.5 Å². The Hall–Kier alpha value is -2.58. The third-order valence-electron chi connectivity index (χ3n) is 5.44. The Morgan fingerprint density at radius 1 is 1.00 bits per heavy atom. The van der Waals surface area contributed by atoms with Crippen LogP contribution in [0.2, 0.25) is 0 Å². The molecule has 2 N–H and O–H groups in total. The van der Waals surface area contributed by atoms with E-state index >= 15 is 0 Å². The quantitative estimate of drug-likeness (QED) is 0.787. The maximum absolute atomic E-state index is 12.8. The number of hydrogen-bond acceptors (Lipinski definition) is 5. The van der Waals surface area contributed by atoms with Crippen molar-refractivity contribution in [2.75, 3.05) is 39.3 Å². The first kappa shape index (κ1) is 21.1. The number of carbonyl (C=O) groups excluding carboxylic acids is 2. The van der Waals surface area contributed by atoms with Crippen LogP contribution in [-0.2, 0) is 0 Å². The zero-order chi connectivity index (χ0) is 19.5. The fraction of sp³-hybridized carbons (Fsp3) is 0.450. The van der Waals surface area contributed by atoms with Gasteiger partial charge in [0, 0.05) is 44.5 Å². The molecule has 2 saturated heterocycles. The van der Waals surface area contributed by atoms with Crippen molar-refractivity contribution >= 4 is 24.2 Å². The van der Waals surface area contributed by atoms with E-state index in [4.69, 9.17) is 0 Å². The lowest BCUT2D eigenvalue weighted by molar-refractivity contribution is 0.0531. The Morgan fingerprint density at radius 2 is 1.66 bits per heavy atom. The van der Waals surface area contributed by atoms with Crippen LogP contribution in [0.5, 0.6) is 5.75 Å². The summed E-state index contributed by atoms with van der Waals surface area (Å²) in [7, 11) is 0. The van der Waals surface area contributed by atoms with E-state index in [2.05, 4.69) is 10.4 Å². The minimum absolute atomic E-state index is 0. The Morgan fingerprint density at radius 3 is 2.28 bits per heavy atom. The maximum Gasteiger partial charge on any atom is 0.274 e. The Kier molecular flexibility index (Phi) is 6.76. The van der Waals surface area contributed by atoms with Crippen LogP contribution in [0.1, 0.15) is 39.7 Å². The molecule has 2 aliphatic rings. The number of aromatic hydroxyl groups is 1. The molecule has 1 aromatic carbocycles. The van der Waals surface area contributed by atoms with E-state index < -0.39 is 0 Å². The Labute approximate surface area is 175 Å². The number of nitrogens with one attached hydrogen (secondary N) is 1. The van der Waals surface area contributed by atoms with E-state index in [1.165, 1.54) is 12.1 Å². The molecule has 29 heavy (non-hydrogen) atoms. The lowest BCUT2D eigenvalue weighted by Gasteiger charge is -2.34. The van der Waals surface area contributed by atoms with Gasteiger partial charge in [0.25, 0.3) is 11.8 Å². The molecule has 2 aromatic rings. The number of amides is 2. The molecule has 0 saturated carbocycles. The first-order valence-corrected chi connectivity index (χ1v) is 9.75. The summed E-state index contributed by atoms with van der Waals surface area (Å²) in [4.78, 5) is 28.8. The molecule has 1 aromatic heterocycles. The van der Waals surface area contributed by atoms with Gasteiger partial charge in [-0.2, -0.15) is 5.10 Å². The highest BCUT2D eigenvalue weighted by Crippen LogP contribution is 2.17. The number of aromatic nitrogens is 2. The van der Waals surface area contributed by atoms with E-state index in [-0.39, 0.29) is 30.0 Å². The summed E-state index contributed by atoms with van der Waals surface area (Å²) in [5.74, 6) is -0.0316. The summed E-state index contributed by atoms with van der Waals surface area (Å²) in [5, 5.41) is 17.2. The number of hydrogen-bond donors (Lipinski definition) is 2. The predicted octanol–water partition coefficient (Wildman–Crippen LogP) is 1.53. The van der Waals surface area contributed by atoms with Gasteiger partial charge in [0.2, 0.25) is 0 Å². The predicted molar refractivity (Wildman–Crippen MR) is 111 cm³/mol. The molecular weight excluding hydrogens is 394 g/mol. The van der Waals surface area contributed by atoms with E-state index in [0.717, 1.165) is 25.9 Å².